The lowest BCUT2D eigenvalue weighted by Gasteiger charge is -2.02. The number of nitriles is 1. The summed E-state index contributed by atoms with van der Waals surface area (Å²) >= 11 is 0. The smallest absolute Gasteiger partial charge is 0.0994 e. The molecule has 0 aromatic heterocycles. The van der Waals surface area contributed by atoms with Crippen molar-refractivity contribution in [2.24, 2.45) is 0 Å². The zero-order chi connectivity index (χ0) is 8.97. The van der Waals surface area contributed by atoms with E-state index in [1.807, 2.05) is 19.1 Å². The molecule has 0 radical (unpaired) electrons. The van der Waals surface area contributed by atoms with E-state index >= 15 is 0 Å². The first-order valence-electron chi connectivity index (χ1n) is 3.82. The zero-order valence-electron chi connectivity index (χ0n) is 6.96. The van der Waals surface area contributed by atoms with Crippen LogP contribution >= 0.6 is 0 Å². The molecule has 0 atom stereocenters. The van der Waals surface area contributed by atoms with Crippen molar-refractivity contribution in [3.05, 3.63) is 34.9 Å². The van der Waals surface area contributed by atoms with E-state index in [2.05, 4.69) is 12.0 Å². The first kappa shape index (κ1) is 8.37. The first-order valence-corrected chi connectivity index (χ1v) is 3.82. The normalized spacial score (nSPS) is 8.58. The van der Waals surface area contributed by atoms with Crippen molar-refractivity contribution in [3.63, 3.8) is 0 Å². The topological polar surface area (TPSA) is 23.8 Å². The van der Waals surface area contributed by atoms with Gasteiger partial charge in [-0.05, 0) is 24.1 Å². The maximum atomic E-state index is 8.75. The summed E-state index contributed by atoms with van der Waals surface area (Å²) in [6.45, 7) is 2.00. The number of benzene rings is 1. The minimum Gasteiger partial charge on any atom is -0.192 e. The Morgan fingerprint density at radius 1 is 1.42 bits per heavy atom. The molecule has 0 unspecified atom stereocenters. The predicted octanol–water partition coefficient (Wildman–Crippen LogP) is 2.10. The van der Waals surface area contributed by atoms with E-state index in [0.717, 1.165) is 17.5 Å². The molecule has 0 saturated heterocycles. The van der Waals surface area contributed by atoms with Crippen LogP contribution in [0.25, 0.3) is 0 Å². The predicted molar refractivity (Wildman–Crippen MR) is 48.5 cm³/mol. The maximum absolute atomic E-state index is 8.75. The van der Waals surface area contributed by atoms with Crippen LogP contribution in [0.3, 0.4) is 0 Å². The Labute approximate surface area is 72.6 Å². The first-order chi connectivity index (χ1) is 5.83. The fourth-order valence-corrected chi connectivity index (χ4v) is 1.21. The Morgan fingerprint density at radius 2 is 2.08 bits per heavy atom. The Morgan fingerprint density at radius 3 is 2.58 bits per heavy atom. The summed E-state index contributed by atoms with van der Waals surface area (Å²) in [5.41, 5.74) is 2.49. The third-order valence-electron chi connectivity index (χ3n) is 1.81. The highest BCUT2D eigenvalue weighted by Gasteiger charge is 2.02. The molecule has 0 aliphatic rings. The van der Waals surface area contributed by atoms with Gasteiger partial charge < -0.3 is 0 Å². The zero-order valence-corrected chi connectivity index (χ0v) is 6.96. The van der Waals surface area contributed by atoms with E-state index in [9.17, 15) is 0 Å². The molecule has 1 heteroatoms. The van der Waals surface area contributed by atoms with E-state index < -0.39 is 0 Å². The molecule has 0 N–H and O–H groups in total. The monoisotopic (exact) mass is 155 g/mol. The standard InChI is InChI=1S/C11H9N/c1-3-9-6-5-7-10(8-12)11(9)4-2/h1,5-7H,4H2,2H3. The molecule has 0 spiro atoms. The summed E-state index contributed by atoms with van der Waals surface area (Å²) in [7, 11) is 0. The van der Waals surface area contributed by atoms with Crippen molar-refractivity contribution in [2.75, 3.05) is 0 Å². The molecule has 1 aromatic rings. The minimum absolute atomic E-state index is 0.688. The van der Waals surface area contributed by atoms with E-state index in [4.69, 9.17) is 11.7 Å². The average Bonchev–Trinajstić information content (AvgIpc) is 2.16. The molecule has 0 saturated carbocycles. The molecule has 1 rings (SSSR count). The van der Waals surface area contributed by atoms with Crippen molar-refractivity contribution in [1.82, 2.24) is 0 Å². The molecule has 1 aromatic carbocycles. The van der Waals surface area contributed by atoms with Gasteiger partial charge in [0.25, 0.3) is 0 Å². The number of hydrogen-bond donors (Lipinski definition) is 0. The Hall–Kier alpha value is -1.73. The highest BCUT2D eigenvalue weighted by molar-refractivity contribution is 5.49. The summed E-state index contributed by atoms with van der Waals surface area (Å²) in [4.78, 5) is 0. The lowest BCUT2D eigenvalue weighted by molar-refractivity contribution is 1.12. The highest BCUT2D eigenvalue weighted by Crippen LogP contribution is 2.13. The summed E-state index contributed by atoms with van der Waals surface area (Å²) in [5.74, 6) is 2.57. The van der Waals surface area contributed by atoms with Crippen LogP contribution in [0.1, 0.15) is 23.6 Å². The SMILES string of the molecule is C#Cc1cccc(C#N)c1CC. The van der Waals surface area contributed by atoms with Crippen LogP contribution in [0.4, 0.5) is 0 Å². The minimum atomic E-state index is 0.688. The van der Waals surface area contributed by atoms with Crippen molar-refractivity contribution in [1.29, 1.82) is 5.26 Å². The van der Waals surface area contributed by atoms with Crippen LogP contribution in [0, 0.1) is 23.7 Å². The van der Waals surface area contributed by atoms with Gasteiger partial charge in [0, 0.05) is 5.56 Å². The second-order valence-electron chi connectivity index (χ2n) is 2.44. The molecule has 0 aliphatic carbocycles. The van der Waals surface area contributed by atoms with Gasteiger partial charge in [0.05, 0.1) is 11.6 Å². The molecular formula is C11H9N. The van der Waals surface area contributed by atoms with Gasteiger partial charge in [-0.15, -0.1) is 6.42 Å². The summed E-state index contributed by atoms with van der Waals surface area (Å²) in [6, 6.07) is 7.59. The number of nitrogens with zero attached hydrogens (tertiary/aromatic N) is 1. The summed E-state index contributed by atoms with van der Waals surface area (Å²) < 4.78 is 0. The number of terminal acetylenes is 1. The van der Waals surface area contributed by atoms with Gasteiger partial charge >= 0.3 is 0 Å². The molecule has 0 bridgehead atoms. The Balaban J connectivity index is 3.37. The number of rotatable bonds is 1. The molecule has 1 nitrogen and oxygen atoms in total. The average molecular weight is 155 g/mol. The highest BCUT2D eigenvalue weighted by atomic mass is 14.2. The van der Waals surface area contributed by atoms with Crippen molar-refractivity contribution >= 4 is 0 Å². The molecule has 0 aliphatic heterocycles. The Kier molecular flexibility index (Phi) is 2.51. The third-order valence-corrected chi connectivity index (χ3v) is 1.81. The van der Waals surface area contributed by atoms with Gasteiger partial charge in [-0.25, -0.2) is 0 Å². The van der Waals surface area contributed by atoms with Gasteiger partial charge in [0.2, 0.25) is 0 Å². The van der Waals surface area contributed by atoms with Crippen molar-refractivity contribution in [2.45, 2.75) is 13.3 Å². The third kappa shape index (κ3) is 1.31. The van der Waals surface area contributed by atoms with Crippen LogP contribution in [0.5, 0.6) is 0 Å². The van der Waals surface area contributed by atoms with Crippen LogP contribution in [-0.4, -0.2) is 0 Å². The lowest BCUT2D eigenvalue weighted by atomic mass is 10.0. The molecule has 0 heterocycles. The second kappa shape index (κ2) is 3.60. The van der Waals surface area contributed by atoms with Gasteiger partial charge in [0.1, 0.15) is 0 Å². The van der Waals surface area contributed by atoms with Crippen LogP contribution in [0.2, 0.25) is 0 Å². The fourth-order valence-electron chi connectivity index (χ4n) is 1.21. The van der Waals surface area contributed by atoms with Gasteiger partial charge in [-0.2, -0.15) is 5.26 Å². The molecule has 12 heavy (non-hydrogen) atoms. The van der Waals surface area contributed by atoms with Crippen molar-refractivity contribution < 1.29 is 0 Å². The van der Waals surface area contributed by atoms with Crippen LogP contribution < -0.4 is 0 Å². The van der Waals surface area contributed by atoms with E-state index in [-0.39, 0.29) is 0 Å². The second-order valence-corrected chi connectivity index (χ2v) is 2.44. The fraction of sp³-hybridized carbons (Fsp3) is 0.182. The number of hydrogen-bond acceptors (Lipinski definition) is 1. The van der Waals surface area contributed by atoms with Crippen LogP contribution in [0.15, 0.2) is 18.2 Å². The molecule has 0 fully saturated rings. The molecular weight excluding hydrogens is 146 g/mol. The van der Waals surface area contributed by atoms with Gasteiger partial charge in [-0.1, -0.05) is 18.9 Å². The molecule has 58 valence electrons. The summed E-state index contributed by atoms with van der Waals surface area (Å²) in [5, 5.41) is 8.75. The lowest BCUT2D eigenvalue weighted by Crippen LogP contribution is -1.91. The maximum Gasteiger partial charge on any atom is 0.0994 e. The summed E-state index contributed by atoms with van der Waals surface area (Å²) in [6.07, 6.45) is 6.10. The van der Waals surface area contributed by atoms with E-state index in [1.165, 1.54) is 0 Å². The van der Waals surface area contributed by atoms with Gasteiger partial charge in [0.15, 0.2) is 0 Å². The quantitative estimate of drug-likeness (QED) is 0.570. The van der Waals surface area contributed by atoms with Crippen molar-refractivity contribution in [3.8, 4) is 18.4 Å². The van der Waals surface area contributed by atoms with Gasteiger partial charge in [-0.3, -0.25) is 0 Å². The largest absolute Gasteiger partial charge is 0.192 e. The Bertz CT molecular complexity index is 331. The molecule has 0 amide bonds. The van der Waals surface area contributed by atoms with E-state index in [1.54, 1.807) is 6.07 Å². The van der Waals surface area contributed by atoms with E-state index in [0.29, 0.717) is 5.56 Å². The van der Waals surface area contributed by atoms with Crippen LogP contribution in [-0.2, 0) is 6.42 Å².